The largest absolute Gasteiger partial charge is 0.507 e. The molecule has 2 aromatic rings. The van der Waals surface area contributed by atoms with Gasteiger partial charge in [0.05, 0.1) is 6.20 Å². The van der Waals surface area contributed by atoms with E-state index in [4.69, 9.17) is 5.73 Å². The van der Waals surface area contributed by atoms with Crippen molar-refractivity contribution in [2.45, 2.75) is 11.8 Å². The molecule has 0 bridgehead atoms. The molecule has 1 heterocycles. The number of anilines is 1. The second kappa shape index (κ2) is 4.09. The summed E-state index contributed by atoms with van der Waals surface area (Å²) in [6.07, 6.45) is 3.59. The predicted molar refractivity (Wildman–Crippen MR) is 66.6 cm³/mol. The second-order valence-electron chi connectivity index (χ2n) is 3.51. The van der Waals surface area contributed by atoms with E-state index in [0.717, 1.165) is 21.6 Å². The monoisotopic (exact) mass is 235 g/mol. The molecule has 2 rings (SSSR count). The fourth-order valence-corrected chi connectivity index (χ4v) is 2.22. The van der Waals surface area contributed by atoms with Crippen LogP contribution in [0.2, 0.25) is 0 Å². The first kappa shape index (κ1) is 10.9. The molecule has 4 N–H and O–H groups in total. The van der Waals surface area contributed by atoms with E-state index >= 15 is 0 Å². The van der Waals surface area contributed by atoms with Gasteiger partial charge in [0.2, 0.25) is 0 Å². The number of nitrogens with zero attached hydrogens (tertiary/aromatic N) is 1. The average molecular weight is 235 g/mol. The van der Waals surface area contributed by atoms with Crippen LogP contribution in [0.5, 0.6) is 5.75 Å². The highest BCUT2D eigenvalue weighted by atomic mass is 32.2. The molecule has 0 saturated heterocycles. The molecule has 1 aromatic heterocycles. The Kier molecular flexibility index (Phi) is 2.78. The number of H-pyrrole nitrogens is 1. The van der Waals surface area contributed by atoms with Gasteiger partial charge in [-0.25, -0.2) is 0 Å². The molecule has 5 heteroatoms. The van der Waals surface area contributed by atoms with Crippen molar-refractivity contribution < 1.29 is 5.11 Å². The maximum absolute atomic E-state index is 10.1. The molecule has 0 radical (unpaired) electrons. The molecule has 0 spiro atoms. The van der Waals surface area contributed by atoms with Gasteiger partial charge in [0.15, 0.2) is 0 Å². The second-order valence-corrected chi connectivity index (χ2v) is 4.35. The minimum atomic E-state index is 0.264. The Balaban J connectivity index is 2.72. The average Bonchev–Trinajstić information content (AvgIpc) is 2.68. The predicted octanol–water partition coefficient (Wildman–Crippen LogP) is 2.39. The molecule has 0 atom stereocenters. The van der Waals surface area contributed by atoms with Crippen LogP contribution in [0.1, 0.15) is 5.56 Å². The molecule has 84 valence electrons. The molecular formula is C11H13N3OS. The number of benzene rings is 1. The SMILES string of the molecule is CSc1ccc(C)c(O)c1-c1cn[nH]c1N. The zero-order valence-electron chi connectivity index (χ0n) is 9.11. The van der Waals surface area contributed by atoms with Crippen molar-refractivity contribution in [1.82, 2.24) is 10.2 Å². The van der Waals surface area contributed by atoms with E-state index in [0.29, 0.717) is 5.82 Å². The lowest BCUT2D eigenvalue weighted by atomic mass is 10.0. The molecule has 4 nitrogen and oxygen atoms in total. The number of aromatic amines is 1. The van der Waals surface area contributed by atoms with Gasteiger partial charge in [-0.2, -0.15) is 5.10 Å². The maximum atomic E-state index is 10.1. The normalized spacial score (nSPS) is 10.6. The summed E-state index contributed by atoms with van der Waals surface area (Å²) >= 11 is 1.57. The summed E-state index contributed by atoms with van der Waals surface area (Å²) in [5, 5.41) is 16.6. The van der Waals surface area contributed by atoms with Crippen molar-refractivity contribution in [3.8, 4) is 16.9 Å². The Hall–Kier alpha value is -1.62. The fraction of sp³-hybridized carbons (Fsp3) is 0.182. The highest BCUT2D eigenvalue weighted by molar-refractivity contribution is 7.98. The van der Waals surface area contributed by atoms with Gasteiger partial charge in [0, 0.05) is 16.0 Å². The number of phenols is 1. The molecule has 1 aromatic carbocycles. The molecule has 0 unspecified atom stereocenters. The highest BCUT2D eigenvalue weighted by Crippen LogP contribution is 2.40. The first-order valence-electron chi connectivity index (χ1n) is 4.81. The third kappa shape index (κ3) is 1.63. The third-order valence-electron chi connectivity index (χ3n) is 2.50. The molecular weight excluding hydrogens is 222 g/mol. The molecule has 16 heavy (non-hydrogen) atoms. The molecule has 0 aliphatic heterocycles. The van der Waals surface area contributed by atoms with Gasteiger partial charge < -0.3 is 10.8 Å². The molecule has 0 aliphatic carbocycles. The van der Waals surface area contributed by atoms with Gasteiger partial charge in [0.1, 0.15) is 11.6 Å². The van der Waals surface area contributed by atoms with Crippen LogP contribution in [0.3, 0.4) is 0 Å². The van der Waals surface area contributed by atoms with Crippen molar-refractivity contribution in [3.05, 3.63) is 23.9 Å². The smallest absolute Gasteiger partial charge is 0.127 e. The van der Waals surface area contributed by atoms with Gasteiger partial charge in [-0.15, -0.1) is 11.8 Å². The number of thioether (sulfide) groups is 1. The van der Waals surface area contributed by atoms with E-state index in [2.05, 4.69) is 10.2 Å². The molecule has 0 amide bonds. The maximum Gasteiger partial charge on any atom is 0.127 e. The lowest BCUT2D eigenvalue weighted by Crippen LogP contribution is -1.91. The van der Waals surface area contributed by atoms with Gasteiger partial charge in [-0.05, 0) is 24.8 Å². The number of aryl methyl sites for hydroxylation is 1. The van der Waals surface area contributed by atoms with Gasteiger partial charge in [-0.3, -0.25) is 5.10 Å². The summed E-state index contributed by atoms with van der Waals surface area (Å²) < 4.78 is 0. The van der Waals surface area contributed by atoms with Crippen LogP contribution < -0.4 is 5.73 Å². The summed E-state index contributed by atoms with van der Waals surface area (Å²) in [5.41, 5.74) is 8.09. The summed E-state index contributed by atoms with van der Waals surface area (Å²) in [6.45, 7) is 1.86. The zero-order chi connectivity index (χ0) is 11.7. The van der Waals surface area contributed by atoms with E-state index in [-0.39, 0.29) is 5.75 Å². The van der Waals surface area contributed by atoms with Crippen molar-refractivity contribution in [2.75, 3.05) is 12.0 Å². The Morgan fingerprint density at radius 1 is 1.44 bits per heavy atom. The van der Waals surface area contributed by atoms with Crippen LogP contribution >= 0.6 is 11.8 Å². The Bertz CT molecular complexity index is 522. The van der Waals surface area contributed by atoms with Gasteiger partial charge in [0.25, 0.3) is 0 Å². The van der Waals surface area contributed by atoms with Crippen molar-refractivity contribution in [2.24, 2.45) is 0 Å². The quantitative estimate of drug-likeness (QED) is 0.699. The molecule has 0 fully saturated rings. The number of nitrogen functional groups attached to an aromatic ring is 1. The number of hydrogen-bond acceptors (Lipinski definition) is 4. The topological polar surface area (TPSA) is 74.9 Å². The minimum absolute atomic E-state index is 0.264. The summed E-state index contributed by atoms with van der Waals surface area (Å²) in [4.78, 5) is 0.983. The third-order valence-corrected chi connectivity index (χ3v) is 3.28. The number of nitrogens with one attached hydrogen (secondary N) is 1. The van der Waals surface area contributed by atoms with Crippen LogP contribution in [-0.4, -0.2) is 21.6 Å². The van der Waals surface area contributed by atoms with E-state index in [9.17, 15) is 5.11 Å². The zero-order valence-corrected chi connectivity index (χ0v) is 9.93. The Labute approximate surface area is 97.9 Å². The minimum Gasteiger partial charge on any atom is -0.507 e. The first-order valence-corrected chi connectivity index (χ1v) is 6.03. The number of aromatic hydroxyl groups is 1. The number of phenolic OH excluding ortho intramolecular Hbond substituents is 1. The van der Waals surface area contributed by atoms with E-state index < -0.39 is 0 Å². The lowest BCUT2D eigenvalue weighted by Gasteiger charge is -2.10. The molecule has 0 saturated carbocycles. The number of nitrogens with two attached hydrogens (primary N) is 1. The van der Waals surface area contributed by atoms with Crippen LogP contribution in [-0.2, 0) is 0 Å². The van der Waals surface area contributed by atoms with E-state index in [1.54, 1.807) is 18.0 Å². The Morgan fingerprint density at radius 2 is 2.19 bits per heavy atom. The molecule has 0 aliphatic rings. The van der Waals surface area contributed by atoms with Crippen molar-refractivity contribution >= 4 is 17.6 Å². The van der Waals surface area contributed by atoms with Crippen LogP contribution in [0.25, 0.3) is 11.1 Å². The Morgan fingerprint density at radius 3 is 2.75 bits per heavy atom. The summed E-state index contributed by atoms with van der Waals surface area (Å²) in [7, 11) is 0. The van der Waals surface area contributed by atoms with Gasteiger partial charge in [-0.1, -0.05) is 6.07 Å². The first-order chi connectivity index (χ1) is 7.65. The summed E-state index contributed by atoms with van der Waals surface area (Å²) in [6, 6.07) is 3.86. The van der Waals surface area contributed by atoms with Crippen LogP contribution in [0.4, 0.5) is 5.82 Å². The van der Waals surface area contributed by atoms with Crippen molar-refractivity contribution in [3.63, 3.8) is 0 Å². The van der Waals surface area contributed by atoms with E-state index in [1.807, 2.05) is 25.3 Å². The van der Waals surface area contributed by atoms with Crippen molar-refractivity contribution in [1.29, 1.82) is 0 Å². The number of aromatic nitrogens is 2. The number of rotatable bonds is 2. The standard InChI is InChI=1S/C11H13N3OS/c1-6-3-4-8(16-2)9(10(6)15)7-5-13-14-11(7)12/h3-5,15H,1-2H3,(H3,12,13,14). The van der Waals surface area contributed by atoms with Crippen LogP contribution in [0.15, 0.2) is 23.2 Å². The van der Waals surface area contributed by atoms with Crippen LogP contribution in [0, 0.1) is 6.92 Å². The lowest BCUT2D eigenvalue weighted by molar-refractivity contribution is 0.472. The fourth-order valence-electron chi connectivity index (χ4n) is 1.60. The highest BCUT2D eigenvalue weighted by Gasteiger charge is 2.15. The summed E-state index contributed by atoms with van der Waals surface area (Å²) in [5.74, 6) is 0.733. The number of hydrogen-bond donors (Lipinski definition) is 3. The van der Waals surface area contributed by atoms with E-state index in [1.165, 1.54) is 0 Å². The van der Waals surface area contributed by atoms with Gasteiger partial charge >= 0.3 is 0 Å².